The fourth-order valence-electron chi connectivity index (χ4n) is 2.15. The number of anilines is 1. The Morgan fingerprint density at radius 3 is 2.39 bits per heavy atom. The van der Waals surface area contributed by atoms with Crippen LogP contribution >= 0.6 is 0 Å². The first-order chi connectivity index (χ1) is 11.1. The number of rotatable bonds is 4. The van der Waals surface area contributed by atoms with Crippen molar-refractivity contribution >= 4 is 11.9 Å². The van der Waals surface area contributed by atoms with Crippen LogP contribution < -0.4 is 10.9 Å². The van der Waals surface area contributed by atoms with Crippen molar-refractivity contribution in [2.45, 2.75) is 13.8 Å². The van der Waals surface area contributed by atoms with Crippen molar-refractivity contribution < 1.29 is 4.79 Å². The minimum absolute atomic E-state index is 0.264. The highest BCUT2D eigenvalue weighted by Crippen LogP contribution is 2.09. The molecule has 0 aliphatic heterocycles. The molecule has 3 rings (SSSR count). The van der Waals surface area contributed by atoms with E-state index in [1.165, 1.54) is 0 Å². The Balaban J connectivity index is 1.66. The number of aromatic nitrogens is 4. The molecule has 0 bridgehead atoms. The molecule has 116 valence electrons. The second-order valence-corrected chi connectivity index (χ2v) is 5.05. The zero-order chi connectivity index (χ0) is 16.2. The summed E-state index contributed by atoms with van der Waals surface area (Å²) < 4.78 is 1.73. The Hall–Kier alpha value is -3.22. The normalized spacial score (nSPS) is 10.3. The van der Waals surface area contributed by atoms with E-state index >= 15 is 0 Å². The van der Waals surface area contributed by atoms with Crippen LogP contribution in [0.5, 0.6) is 0 Å². The first kappa shape index (κ1) is 14.7. The summed E-state index contributed by atoms with van der Waals surface area (Å²) in [5.74, 6) is 0.101. The maximum atomic E-state index is 12.1. The SMILES string of the molecule is Cc1cc(C)nc(NNC(=O)c2ccc(-n3cccn3)cc2)n1. The molecule has 0 saturated heterocycles. The molecule has 2 N–H and O–H groups in total. The van der Waals surface area contributed by atoms with Gasteiger partial charge in [0.1, 0.15) is 0 Å². The van der Waals surface area contributed by atoms with E-state index in [9.17, 15) is 4.79 Å². The maximum absolute atomic E-state index is 12.1. The van der Waals surface area contributed by atoms with Crippen molar-refractivity contribution in [1.82, 2.24) is 25.2 Å². The number of nitrogens with zero attached hydrogens (tertiary/aromatic N) is 4. The molecule has 2 aromatic heterocycles. The molecule has 0 spiro atoms. The van der Waals surface area contributed by atoms with Gasteiger partial charge in [-0.3, -0.25) is 15.6 Å². The molecule has 0 fully saturated rings. The Bertz CT molecular complexity index is 791. The summed E-state index contributed by atoms with van der Waals surface area (Å²) >= 11 is 0. The van der Waals surface area contributed by atoms with Crippen molar-refractivity contribution in [2.75, 3.05) is 5.43 Å². The van der Waals surface area contributed by atoms with Crippen molar-refractivity contribution in [3.8, 4) is 5.69 Å². The maximum Gasteiger partial charge on any atom is 0.269 e. The highest BCUT2D eigenvalue weighted by Gasteiger charge is 2.07. The Kier molecular flexibility index (Phi) is 4.01. The zero-order valence-electron chi connectivity index (χ0n) is 12.8. The van der Waals surface area contributed by atoms with Gasteiger partial charge in [0.2, 0.25) is 5.95 Å². The van der Waals surface area contributed by atoms with E-state index in [1.807, 2.05) is 44.3 Å². The van der Waals surface area contributed by atoms with Gasteiger partial charge in [-0.2, -0.15) is 5.10 Å². The third kappa shape index (κ3) is 3.52. The van der Waals surface area contributed by atoms with Gasteiger partial charge in [-0.05, 0) is 50.2 Å². The van der Waals surface area contributed by atoms with Crippen molar-refractivity contribution in [2.24, 2.45) is 0 Å². The van der Waals surface area contributed by atoms with E-state index in [4.69, 9.17) is 0 Å². The largest absolute Gasteiger partial charge is 0.269 e. The van der Waals surface area contributed by atoms with Gasteiger partial charge in [0, 0.05) is 29.3 Å². The van der Waals surface area contributed by atoms with Crippen LogP contribution in [0.15, 0.2) is 48.8 Å². The monoisotopic (exact) mass is 308 g/mol. The predicted molar refractivity (Wildman–Crippen MR) is 86.2 cm³/mol. The summed E-state index contributed by atoms with van der Waals surface area (Å²) in [5, 5.41) is 4.14. The van der Waals surface area contributed by atoms with Gasteiger partial charge in [-0.1, -0.05) is 0 Å². The second kappa shape index (κ2) is 6.27. The number of benzene rings is 1. The number of hydrazine groups is 1. The van der Waals surface area contributed by atoms with Gasteiger partial charge in [0.05, 0.1) is 5.69 Å². The number of hydrogen-bond acceptors (Lipinski definition) is 5. The summed E-state index contributed by atoms with van der Waals surface area (Å²) in [6.07, 6.45) is 3.54. The quantitative estimate of drug-likeness (QED) is 0.720. The van der Waals surface area contributed by atoms with Crippen LogP contribution in [0.4, 0.5) is 5.95 Å². The van der Waals surface area contributed by atoms with Crippen LogP contribution in [-0.2, 0) is 0 Å². The molecule has 0 radical (unpaired) electrons. The van der Waals surface area contributed by atoms with Crippen LogP contribution in [0.25, 0.3) is 5.69 Å². The molecular weight excluding hydrogens is 292 g/mol. The molecule has 0 atom stereocenters. The van der Waals surface area contributed by atoms with E-state index in [0.29, 0.717) is 11.5 Å². The first-order valence-corrected chi connectivity index (χ1v) is 7.10. The predicted octanol–water partition coefficient (Wildman–Crippen LogP) is 2.04. The number of hydrogen-bond donors (Lipinski definition) is 2. The second-order valence-electron chi connectivity index (χ2n) is 5.05. The fraction of sp³-hybridized carbons (Fsp3) is 0.125. The Morgan fingerprint density at radius 2 is 1.78 bits per heavy atom. The molecule has 23 heavy (non-hydrogen) atoms. The Morgan fingerprint density at radius 1 is 1.09 bits per heavy atom. The van der Waals surface area contributed by atoms with Crippen LogP contribution in [0.3, 0.4) is 0 Å². The van der Waals surface area contributed by atoms with Gasteiger partial charge < -0.3 is 0 Å². The smallest absolute Gasteiger partial charge is 0.267 e. The Labute approximate surface area is 133 Å². The fourth-order valence-corrected chi connectivity index (χ4v) is 2.15. The van der Waals surface area contributed by atoms with E-state index < -0.39 is 0 Å². The standard InChI is InChI=1S/C16H16N6O/c1-11-10-12(2)19-16(18-11)21-20-15(23)13-4-6-14(7-5-13)22-9-3-8-17-22/h3-10H,1-2H3,(H,20,23)(H,18,19,21). The summed E-state index contributed by atoms with van der Waals surface area (Å²) in [6, 6.07) is 10.8. The van der Waals surface area contributed by atoms with Crippen molar-refractivity contribution in [3.05, 3.63) is 65.7 Å². The highest BCUT2D eigenvalue weighted by molar-refractivity contribution is 5.94. The minimum atomic E-state index is -0.264. The molecular formula is C16H16N6O. The lowest BCUT2D eigenvalue weighted by atomic mass is 10.2. The molecule has 1 aromatic carbocycles. The average Bonchev–Trinajstić information content (AvgIpc) is 3.06. The molecule has 0 unspecified atom stereocenters. The minimum Gasteiger partial charge on any atom is -0.267 e. The van der Waals surface area contributed by atoms with Crippen molar-refractivity contribution in [3.63, 3.8) is 0 Å². The number of nitrogens with one attached hydrogen (secondary N) is 2. The van der Waals surface area contributed by atoms with E-state index in [2.05, 4.69) is 25.9 Å². The summed E-state index contributed by atoms with van der Waals surface area (Å²) in [7, 11) is 0. The molecule has 1 amide bonds. The zero-order valence-corrected chi connectivity index (χ0v) is 12.8. The lowest BCUT2D eigenvalue weighted by Gasteiger charge is -2.09. The number of carbonyl (C=O) groups excluding carboxylic acids is 1. The van der Waals surface area contributed by atoms with Crippen LogP contribution in [0.1, 0.15) is 21.7 Å². The summed E-state index contributed by atoms with van der Waals surface area (Å²) in [6.45, 7) is 3.74. The van der Waals surface area contributed by atoms with Gasteiger partial charge in [0.15, 0.2) is 0 Å². The number of carbonyl (C=O) groups is 1. The first-order valence-electron chi connectivity index (χ1n) is 7.10. The van der Waals surface area contributed by atoms with Crippen molar-refractivity contribution in [1.29, 1.82) is 0 Å². The molecule has 7 nitrogen and oxygen atoms in total. The summed E-state index contributed by atoms with van der Waals surface area (Å²) in [4.78, 5) is 20.5. The van der Waals surface area contributed by atoms with Crippen LogP contribution in [0, 0.1) is 13.8 Å². The molecule has 0 saturated carbocycles. The molecule has 0 aliphatic rings. The average molecular weight is 308 g/mol. The molecule has 7 heteroatoms. The van der Waals surface area contributed by atoms with Gasteiger partial charge in [0.25, 0.3) is 5.91 Å². The van der Waals surface area contributed by atoms with E-state index in [0.717, 1.165) is 17.1 Å². The topological polar surface area (TPSA) is 84.7 Å². The molecule has 0 aliphatic carbocycles. The van der Waals surface area contributed by atoms with Gasteiger partial charge in [-0.25, -0.2) is 14.6 Å². The number of amides is 1. The van der Waals surface area contributed by atoms with E-state index in [-0.39, 0.29) is 5.91 Å². The third-order valence-corrected chi connectivity index (χ3v) is 3.17. The summed E-state index contributed by atoms with van der Waals surface area (Å²) in [5.41, 5.74) is 8.39. The number of aryl methyl sites for hydroxylation is 2. The van der Waals surface area contributed by atoms with E-state index in [1.54, 1.807) is 23.0 Å². The van der Waals surface area contributed by atoms with Gasteiger partial charge in [-0.15, -0.1) is 0 Å². The third-order valence-electron chi connectivity index (χ3n) is 3.17. The van der Waals surface area contributed by atoms with Gasteiger partial charge >= 0.3 is 0 Å². The molecule has 2 heterocycles. The van der Waals surface area contributed by atoms with Crippen LogP contribution in [0.2, 0.25) is 0 Å². The molecule has 3 aromatic rings. The lowest BCUT2D eigenvalue weighted by molar-refractivity contribution is 0.0962. The van der Waals surface area contributed by atoms with Crippen LogP contribution in [-0.4, -0.2) is 25.7 Å². The highest BCUT2D eigenvalue weighted by atomic mass is 16.2. The lowest BCUT2D eigenvalue weighted by Crippen LogP contribution is -2.30.